The van der Waals surface area contributed by atoms with Crippen LogP contribution in [0.4, 0.5) is 0 Å². The van der Waals surface area contributed by atoms with E-state index >= 15 is 0 Å². The van der Waals surface area contributed by atoms with Crippen LogP contribution in [0.5, 0.6) is 17.2 Å². The Hall–Kier alpha value is -4.28. The summed E-state index contributed by atoms with van der Waals surface area (Å²) in [7, 11) is 2.81. The predicted octanol–water partition coefficient (Wildman–Crippen LogP) is 3.62. The third-order valence-corrected chi connectivity index (χ3v) is 7.13. The maximum Gasteiger partial charge on any atom is 0.306 e. The molecule has 0 saturated carbocycles. The fourth-order valence-electron chi connectivity index (χ4n) is 5.54. The van der Waals surface area contributed by atoms with Crippen molar-refractivity contribution in [1.82, 2.24) is 0 Å². The van der Waals surface area contributed by atoms with Crippen LogP contribution in [-0.2, 0) is 23.8 Å². The predicted molar refractivity (Wildman–Crippen MR) is 132 cm³/mol. The van der Waals surface area contributed by atoms with E-state index in [1.165, 1.54) is 27.2 Å². The maximum atomic E-state index is 14.1. The molecule has 0 amide bonds. The molecule has 198 valence electrons. The Morgan fingerprint density at radius 3 is 2.55 bits per heavy atom. The van der Waals surface area contributed by atoms with Gasteiger partial charge in [0.15, 0.2) is 18.0 Å². The Morgan fingerprint density at radius 2 is 1.89 bits per heavy atom. The first-order valence-electron chi connectivity index (χ1n) is 11.9. The molecule has 0 radical (unpaired) electrons. The van der Waals surface area contributed by atoms with Crippen molar-refractivity contribution < 1.29 is 43.2 Å². The number of carbonyl (C=O) groups excluding carboxylic acids is 3. The number of azide groups is 1. The zero-order valence-corrected chi connectivity index (χ0v) is 21.1. The van der Waals surface area contributed by atoms with Gasteiger partial charge in [0, 0.05) is 41.3 Å². The Morgan fingerprint density at radius 1 is 1.16 bits per heavy atom. The van der Waals surface area contributed by atoms with Crippen LogP contribution in [0, 0.1) is 0 Å². The number of hydrogen-bond acceptors (Lipinski definition) is 10. The minimum Gasteiger partial charge on any atom is -0.507 e. The molecule has 1 fully saturated rings. The van der Waals surface area contributed by atoms with E-state index in [1.54, 1.807) is 19.1 Å². The van der Waals surface area contributed by atoms with E-state index < -0.39 is 41.6 Å². The lowest BCUT2D eigenvalue weighted by molar-refractivity contribution is -0.149. The maximum absolute atomic E-state index is 14.1. The van der Waals surface area contributed by atoms with Crippen molar-refractivity contribution in [2.24, 2.45) is 5.11 Å². The zero-order chi connectivity index (χ0) is 27.4. The second kappa shape index (κ2) is 9.23. The fourth-order valence-corrected chi connectivity index (χ4v) is 5.54. The number of carbonyl (C=O) groups is 3. The van der Waals surface area contributed by atoms with Gasteiger partial charge in [-0.1, -0.05) is 17.2 Å². The van der Waals surface area contributed by atoms with Crippen LogP contribution in [0.15, 0.2) is 28.9 Å². The van der Waals surface area contributed by atoms with Crippen LogP contribution in [-0.4, -0.2) is 67.5 Å². The van der Waals surface area contributed by atoms with E-state index in [4.69, 9.17) is 29.2 Å². The van der Waals surface area contributed by atoms with E-state index in [0.29, 0.717) is 16.5 Å². The van der Waals surface area contributed by atoms with E-state index in [0.717, 1.165) is 0 Å². The van der Waals surface area contributed by atoms with Crippen molar-refractivity contribution >= 4 is 34.1 Å². The molecule has 0 spiro atoms. The summed E-state index contributed by atoms with van der Waals surface area (Å²) < 4.78 is 28.9. The largest absolute Gasteiger partial charge is 0.507 e. The molecular weight excluding hydrogens is 498 g/mol. The van der Waals surface area contributed by atoms with Gasteiger partial charge in [0.2, 0.25) is 0 Å². The van der Waals surface area contributed by atoms with Gasteiger partial charge in [-0.25, -0.2) is 0 Å². The third-order valence-electron chi connectivity index (χ3n) is 7.13. The summed E-state index contributed by atoms with van der Waals surface area (Å²) in [5, 5.41) is 14.9. The van der Waals surface area contributed by atoms with Crippen molar-refractivity contribution in [3.05, 3.63) is 45.3 Å². The average molecular weight is 523 g/mol. The number of aromatic hydroxyl groups is 1. The highest BCUT2D eigenvalue weighted by molar-refractivity contribution is 6.28. The Bertz CT molecular complexity index is 1480. The van der Waals surface area contributed by atoms with E-state index in [-0.39, 0.29) is 53.2 Å². The number of nitrogens with zero attached hydrogens (tertiary/aromatic N) is 3. The lowest BCUT2D eigenvalue weighted by Gasteiger charge is -2.31. The number of benzene rings is 2. The summed E-state index contributed by atoms with van der Waals surface area (Å²) in [5.74, 6) is -1.44. The third kappa shape index (κ3) is 3.64. The van der Waals surface area contributed by atoms with Gasteiger partial charge in [-0.05, 0) is 24.9 Å². The molecule has 38 heavy (non-hydrogen) atoms. The first-order valence-corrected chi connectivity index (χ1v) is 11.9. The summed E-state index contributed by atoms with van der Waals surface area (Å²) in [4.78, 5) is 41.7. The highest BCUT2D eigenvalue weighted by Gasteiger charge is 2.71. The number of phenolic OH excluding ortho intramolecular Hbond substituents is 1. The molecule has 12 heteroatoms. The number of epoxide rings is 1. The summed E-state index contributed by atoms with van der Waals surface area (Å²) in [6, 6.07) is 4.81. The first kappa shape index (κ1) is 25.4. The van der Waals surface area contributed by atoms with Crippen molar-refractivity contribution in [2.75, 3.05) is 20.8 Å². The molecule has 2 aromatic rings. The molecule has 3 aliphatic rings. The smallest absolute Gasteiger partial charge is 0.306 e. The van der Waals surface area contributed by atoms with Crippen molar-refractivity contribution in [1.29, 1.82) is 0 Å². The standard InChI is InChI=1S/C26H25N3O9/c1-11(30)36-24-19-17(23(25-26(24,2)38-25)37-14(32)9-6-10-28-29-27)16-18(20(19)33)22(35-4)15-12(21(16)34-3)7-5-8-13(15)31/h5,7-8,23-25,31H,6,9-10H2,1-4H3/t23-,24+,25-,26+/m0/s1. The van der Waals surface area contributed by atoms with E-state index in [9.17, 15) is 19.5 Å². The monoisotopic (exact) mass is 523 g/mol. The summed E-state index contributed by atoms with van der Waals surface area (Å²) >= 11 is 0. The van der Waals surface area contributed by atoms with Gasteiger partial charge in [-0.2, -0.15) is 0 Å². The number of Topliss-reactive ketones (excluding diaryl/α,β-unsaturated/α-hetero) is 1. The van der Waals surface area contributed by atoms with Gasteiger partial charge in [-0.3, -0.25) is 14.4 Å². The highest BCUT2D eigenvalue weighted by atomic mass is 16.7. The highest BCUT2D eigenvalue weighted by Crippen LogP contribution is 2.61. The van der Waals surface area contributed by atoms with Crippen LogP contribution in [0.1, 0.15) is 42.6 Å². The van der Waals surface area contributed by atoms with Crippen LogP contribution in [0.2, 0.25) is 0 Å². The van der Waals surface area contributed by atoms with Crippen molar-refractivity contribution in [3.63, 3.8) is 0 Å². The Balaban J connectivity index is 1.72. The summed E-state index contributed by atoms with van der Waals surface area (Å²) in [6.45, 7) is 3.04. The number of methoxy groups -OCH3 is 2. The molecule has 1 saturated heterocycles. The van der Waals surface area contributed by atoms with Crippen LogP contribution in [0.3, 0.4) is 0 Å². The SMILES string of the molecule is COc1c2c(c(OC)c3c(O)cccc13)C(=O)C1=C2[C@H](OC(=O)CCCN=[N+]=[N-])[C@@H]2O[C@]2(C)[C@@H]1OC(C)=O. The fraction of sp³-hybridized carbons (Fsp3) is 0.423. The quantitative estimate of drug-likeness (QED) is 0.136. The van der Waals surface area contributed by atoms with Gasteiger partial charge >= 0.3 is 11.9 Å². The zero-order valence-electron chi connectivity index (χ0n) is 21.1. The number of phenols is 1. The number of hydrogen-bond donors (Lipinski definition) is 1. The van der Waals surface area contributed by atoms with Gasteiger partial charge in [-0.15, -0.1) is 0 Å². The number of esters is 2. The topological polar surface area (TPSA) is 170 Å². The lowest BCUT2D eigenvalue weighted by atomic mass is 9.80. The summed E-state index contributed by atoms with van der Waals surface area (Å²) in [6.07, 6.45) is -2.56. The normalized spacial score (nSPS) is 24.6. The molecule has 1 aliphatic heterocycles. The van der Waals surface area contributed by atoms with Gasteiger partial charge in [0.1, 0.15) is 29.0 Å². The summed E-state index contributed by atoms with van der Waals surface area (Å²) in [5.41, 5.74) is 8.19. The van der Waals surface area contributed by atoms with Gasteiger partial charge in [0.05, 0.1) is 30.7 Å². The van der Waals surface area contributed by atoms with E-state index in [2.05, 4.69) is 10.0 Å². The number of ether oxygens (including phenoxy) is 5. The molecule has 0 aromatic heterocycles. The molecule has 2 aromatic carbocycles. The minimum absolute atomic E-state index is 0.0260. The van der Waals surface area contributed by atoms with Gasteiger partial charge < -0.3 is 28.8 Å². The molecule has 12 nitrogen and oxygen atoms in total. The second-order valence-electron chi connectivity index (χ2n) is 9.35. The first-order chi connectivity index (χ1) is 18.2. The molecule has 1 N–H and O–H groups in total. The minimum atomic E-state index is -1.11. The van der Waals surface area contributed by atoms with Crippen LogP contribution in [0.25, 0.3) is 26.8 Å². The van der Waals surface area contributed by atoms with Crippen molar-refractivity contribution in [2.45, 2.75) is 50.6 Å². The Kier molecular flexibility index (Phi) is 6.16. The van der Waals surface area contributed by atoms with E-state index in [1.807, 2.05) is 0 Å². The Labute approximate surface area is 216 Å². The molecule has 0 unspecified atom stereocenters. The molecule has 5 rings (SSSR count). The molecular formula is C26H25N3O9. The van der Waals surface area contributed by atoms with Crippen molar-refractivity contribution in [3.8, 4) is 17.2 Å². The lowest BCUT2D eigenvalue weighted by Crippen LogP contribution is -2.45. The van der Waals surface area contributed by atoms with Crippen LogP contribution >= 0.6 is 0 Å². The second-order valence-corrected chi connectivity index (χ2v) is 9.35. The number of fused-ring (bicyclic) bond motifs is 4. The number of ketones is 1. The average Bonchev–Trinajstić information content (AvgIpc) is 3.50. The molecule has 1 heterocycles. The van der Waals surface area contributed by atoms with Gasteiger partial charge in [0.25, 0.3) is 0 Å². The molecule has 0 bridgehead atoms. The van der Waals surface area contributed by atoms with Crippen LogP contribution < -0.4 is 9.47 Å². The number of rotatable bonds is 8. The molecule has 2 aliphatic carbocycles. The molecule has 4 atom stereocenters.